The lowest BCUT2D eigenvalue weighted by Crippen LogP contribution is -2.11. The highest BCUT2D eigenvalue weighted by molar-refractivity contribution is 6.06. The van der Waals surface area contributed by atoms with E-state index in [0.717, 1.165) is 17.5 Å². The van der Waals surface area contributed by atoms with Crippen molar-refractivity contribution in [1.29, 1.82) is 0 Å². The predicted molar refractivity (Wildman–Crippen MR) is 106 cm³/mol. The van der Waals surface area contributed by atoms with E-state index in [1.54, 1.807) is 19.1 Å². The average Bonchev–Trinajstić information content (AvgIpc) is 2.65. The topological polar surface area (TPSA) is 71.4 Å². The molecule has 0 aliphatic carbocycles. The minimum absolute atomic E-state index is 0.129. The molecule has 1 unspecified atom stereocenters. The number of rotatable bonds is 9. The van der Waals surface area contributed by atoms with Gasteiger partial charge in [0.1, 0.15) is 0 Å². The molecule has 142 valence electrons. The van der Waals surface area contributed by atoms with Gasteiger partial charge in [0.15, 0.2) is 17.3 Å². The number of aliphatic hydroxyl groups is 1. The summed E-state index contributed by atoms with van der Waals surface area (Å²) in [5.74, 6) is -0.501. The quantitative estimate of drug-likeness (QED) is 0.675. The smallest absolute Gasteiger partial charge is 0.167 e. The summed E-state index contributed by atoms with van der Waals surface area (Å²) in [6, 6.07) is 12.5. The lowest BCUT2D eigenvalue weighted by atomic mass is 9.94. The van der Waals surface area contributed by atoms with Crippen LogP contribution in [0.5, 0.6) is 0 Å². The standard InChI is InChI=1S/C23H26O4/c1-4-17-6-5-7-18(10-17)11-23(27)21-13-19(16(3)25)12-20(14-21)22(26)9-8-15(2)24/h5-7,10,12-15,24H,4,8-9,11H2,1-3H3. The molecule has 0 fully saturated rings. The van der Waals surface area contributed by atoms with Crippen LogP contribution in [0.1, 0.15) is 75.8 Å². The maximum atomic E-state index is 12.8. The van der Waals surface area contributed by atoms with Crippen LogP contribution in [0.15, 0.2) is 42.5 Å². The van der Waals surface area contributed by atoms with Gasteiger partial charge in [-0.2, -0.15) is 0 Å². The Morgan fingerprint density at radius 1 is 0.926 bits per heavy atom. The highest BCUT2D eigenvalue weighted by atomic mass is 16.3. The first kappa shape index (κ1) is 20.7. The molecular formula is C23H26O4. The van der Waals surface area contributed by atoms with E-state index in [9.17, 15) is 19.5 Å². The van der Waals surface area contributed by atoms with Crippen LogP contribution >= 0.6 is 0 Å². The molecule has 0 saturated carbocycles. The summed E-state index contributed by atoms with van der Waals surface area (Å²) in [6.45, 7) is 5.10. The van der Waals surface area contributed by atoms with E-state index in [0.29, 0.717) is 23.1 Å². The Hall–Kier alpha value is -2.59. The predicted octanol–water partition coefficient (Wildman–Crippen LogP) is 4.22. The summed E-state index contributed by atoms with van der Waals surface area (Å²) >= 11 is 0. The van der Waals surface area contributed by atoms with E-state index >= 15 is 0 Å². The molecule has 4 nitrogen and oxygen atoms in total. The maximum Gasteiger partial charge on any atom is 0.167 e. The molecule has 4 heteroatoms. The highest BCUT2D eigenvalue weighted by Gasteiger charge is 2.16. The van der Waals surface area contributed by atoms with Gasteiger partial charge in [0, 0.05) is 29.5 Å². The number of aliphatic hydroxyl groups excluding tert-OH is 1. The van der Waals surface area contributed by atoms with Gasteiger partial charge in [0.2, 0.25) is 0 Å². The molecule has 0 heterocycles. The van der Waals surface area contributed by atoms with E-state index in [1.165, 1.54) is 13.0 Å². The van der Waals surface area contributed by atoms with E-state index < -0.39 is 6.10 Å². The molecule has 0 aliphatic heterocycles. The van der Waals surface area contributed by atoms with Crippen LogP contribution in [0.25, 0.3) is 0 Å². The molecule has 1 atom stereocenters. The van der Waals surface area contributed by atoms with E-state index in [-0.39, 0.29) is 30.2 Å². The van der Waals surface area contributed by atoms with Crippen LogP contribution < -0.4 is 0 Å². The van der Waals surface area contributed by atoms with Crippen molar-refractivity contribution in [1.82, 2.24) is 0 Å². The zero-order chi connectivity index (χ0) is 20.0. The van der Waals surface area contributed by atoms with Crippen LogP contribution in [-0.2, 0) is 12.8 Å². The van der Waals surface area contributed by atoms with Crippen LogP contribution in [0.3, 0.4) is 0 Å². The van der Waals surface area contributed by atoms with Gasteiger partial charge in [-0.1, -0.05) is 31.2 Å². The van der Waals surface area contributed by atoms with Gasteiger partial charge in [0.05, 0.1) is 6.10 Å². The summed E-state index contributed by atoms with van der Waals surface area (Å²) in [4.78, 5) is 37.0. The van der Waals surface area contributed by atoms with Gasteiger partial charge in [-0.15, -0.1) is 0 Å². The van der Waals surface area contributed by atoms with Crippen molar-refractivity contribution in [2.24, 2.45) is 0 Å². The Labute approximate surface area is 160 Å². The SMILES string of the molecule is CCc1cccc(CC(=O)c2cc(C(C)=O)cc(C(=O)CCC(C)O)c2)c1. The normalized spacial score (nSPS) is 11.9. The van der Waals surface area contributed by atoms with Gasteiger partial charge >= 0.3 is 0 Å². The second-order valence-electron chi connectivity index (χ2n) is 6.94. The first-order valence-electron chi connectivity index (χ1n) is 9.28. The molecule has 0 amide bonds. The summed E-state index contributed by atoms with van der Waals surface area (Å²) in [6.07, 6.45) is 1.05. The van der Waals surface area contributed by atoms with Gasteiger partial charge in [-0.3, -0.25) is 14.4 Å². The number of carbonyl (C=O) groups is 3. The van der Waals surface area contributed by atoms with Crippen molar-refractivity contribution < 1.29 is 19.5 Å². The monoisotopic (exact) mass is 366 g/mol. The summed E-state index contributed by atoms with van der Waals surface area (Å²) in [7, 11) is 0. The van der Waals surface area contributed by atoms with Crippen LogP contribution in [0, 0.1) is 0 Å². The fraction of sp³-hybridized carbons (Fsp3) is 0.348. The molecule has 0 bridgehead atoms. The number of benzene rings is 2. The zero-order valence-electron chi connectivity index (χ0n) is 16.1. The first-order valence-corrected chi connectivity index (χ1v) is 9.28. The van der Waals surface area contributed by atoms with Crippen molar-refractivity contribution in [3.63, 3.8) is 0 Å². The van der Waals surface area contributed by atoms with Gasteiger partial charge < -0.3 is 5.11 Å². The van der Waals surface area contributed by atoms with Gasteiger partial charge in [0.25, 0.3) is 0 Å². The number of ketones is 3. The molecule has 2 aromatic carbocycles. The van der Waals surface area contributed by atoms with Gasteiger partial charge in [-0.25, -0.2) is 0 Å². The number of carbonyl (C=O) groups excluding carboxylic acids is 3. The molecule has 1 N–H and O–H groups in total. The second-order valence-corrected chi connectivity index (χ2v) is 6.94. The Morgan fingerprint density at radius 2 is 1.52 bits per heavy atom. The van der Waals surface area contributed by atoms with E-state index in [1.807, 2.05) is 24.3 Å². The third kappa shape index (κ3) is 5.97. The summed E-state index contributed by atoms with van der Waals surface area (Å²) in [5.41, 5.74) is 3.13. The number of aryl methyl sites for hydroxylation is 1. The fourth-order valence-electron chi connectivity index (χ4n) is 2.88. The summed E-state index contributed by atoms with van der Waals surface area (Å²) in [5, 5.41) is 9.38. The van der Waals surface area contributed by atoms with Crippen LogP contribution in [0.2, 0.25) is 0 Å². The Kier molecular flexibility index (Phi) is 7.19. The second kappa shape index (κ2) is 9.38. The molecule has 0 spiro atoms. The Bertz CT molecular complexity index is 849. The molecule has 0 aliphatic rings. The van der Waals surface area contributed by atoms with Crippen molar-refractivity contribution >= 4 is 17.3 Å². The third-order valence-corrected chi connectivity index (χ3v) is 4.54. The van der Waals surface area contributed by atoms with Crippen LogP contribution in [-0.4, -0.2) is 28.6 Å². The number of hydrogen-bond acceptors (Lipinski definition) is 4. The lowest BCUT2D eigenvalue weighted by Gasteiger charge is -2.09. The molecule has 0 saturated heterocycles. The number of hydrogen-bond donors (Lipinski definition) is 1. The van der Waals surface area contributed by atoms with Crippen molar-refractivity contribution in [3.05, 3.63) is 70.3 Å². The van der Waals surface area contributed by atoms with E-state index in [4.69, 9.17) is 0 Å². The highest BCUT2D eigenvalue weighted by Crippen LogP contribution is 2.17. The van der Waals surface area contributed by atoms with E-state index in [2.05, 4.69) is 6.92 Å². The first-order chi connectivity index (χ1) is 12.8. The average molecular weight is 366 g/mol. The molecular weight excluding hydrogens is 340 g/mol. The summed E-state index contributed by atoms with van der Waals surface area (Å²) < 4.78 is 0. The fourth-order valence-corrected chi connectivity index (χ4v) is 2.88. The third-order valence-electron chi connectivity index (χ3n) is 4.54. The molecule has 27 heavy (non-hydrogen) atoms. The van der Waals surface area contributed by atoms with Crippen molar-refractivity contribution in [2.75, 3.05) is 0 Å². The molecule has 0 aromatic heterocycles. The van der Waals surface area contributed by atoms with Gasteiger partial charge in [-0.05, 0) is 56.0 Å². The molecule has 0 radical (unpaired) electrons. The number of Topliss-reactive ketones (excluding diaryl/α,β-unsaturated/α-hetero) is 3. The van der Waals surface area contributed by atoms with Crippen molar-refractivity contribution in [2.45, 2.75) is 52.6 Å². The van der Waals surface area contributed by atoms with Crippen molar-refractivity contribution in [3.8, 4) is 0 Å². The minimum atomic E-state index is -0.572. The Balaban J connectivity index is 2.29. The molecule has 2 aromatic rings. The van der Waals surface area contributed by atoms with Crippen LogP contribution in [0.4, 0.5) is 0 Å². The largest absolute Gasteiger partial charge is 0.393 e. The maximum absolute atomic E-state index is 12.8. The molecule has 2 rings (SSSR count). The Morgan fingerprint density at radius 3 is 2.11 bits per heavy atom. The lowest BCUT2D eigenvalue weighted by molar-refractivity contribution is 0.0949. The minimum Gasteiger partial charge on any atom is -0.393 e. The zero-order valence-corrected chi connectivity index (χ0v) is 16.1.